The summed E-state index contributed by atoms with van der Waals surface area (Å²) in [5, 5.41) is 3.41. The number of guanidine groups is 1. The summed E-state index contributed by atoms with van der Waals surface area (Å²) in [5.41, 5.74) is 1.13. The van der Waals surface area contributed by atoms with Crippen molar-refractivity contribution in [2.75, 3.05) is 53.5 Å². The van der Waals surface area contributed by atoms with Crippen molar-refractivity contribution < 1.29 is 14.3 Å². The molecule has 0 radical (unpaired) electrons. The van der Waals surface area contributed by atoms with E-state index in [1.54, 1.807) is 14.2 Å². The maximum absolute atomic E-state index is 12.5. The lowest BCUT2D eigenvalue weighted by atomic mass is 10.1. The van der Waals surface area contributed by atoms with E-state index >= 15 is 0 Å². The summed E-state index contributed by atoms with van der Waals surface area (Å²) >= 11 is 0. The Morgan fingerprint density at radius 3 is 2.56 bits per heavy atom. The van der Waals surface area contributed by atoms with Crippen LogP contribution < -0.4 is 5.32 Å². The molecule has 1 amide bonds. The highest BCUT2D eigenvalue weighted by molar-refractivity contribution is 5.82. The van der Waals surface area contributed by atoms with E-state index in [0.29, 0.717) is 26.2 Å². The van der Waals surface area contributed by atoms with Gasteiger partial charge in [0.1, 0.15) is 6.10 Å². The number of amides is 1. The Morgan fingerprint density at radius 1 is 1.26 bits per heavy atom. The highest BCUT2D eigenvalue weighted by Crippen LogP contribution is 2.17. The third kappa shape index (κ3) is 4.99. The van der Waals surface area contributed by atoms with Gasteiger partial charge in [0.15, 0.2) is 5.96 Å². The number of rotatable bonds is 5. The molecule has 7 heteroatoms. The van der Waals surface area contributed by atoms with E-state index in [1.807, 2.05) is 23.1 Å². The normalized spacial score (nSPS) is 22.0. The zero-order chi connectivity index (χ0) is 19.1. The van der Waals surface area contributed by atoms with Crippen LogP contribution in [0.25, 0.3) is 0 Å². The van der Waals surface area contributed by atoms with Crippen LogP contribution in [0.5, 0.6) is 0 Å². The predicted octanol–water partition coefficient (Wildman–Crippen LogP) is 1.27. The summed E-state index contributed by atoms with van der Waals surface area (Å²) < 4.78 is 11.1. The van der Waals surface area contributed by atoms with E-state index in [9.17, 15) is 4.79 Å². The number of hydrogen-bond acceptors (Lipinski definition) is 4. The van der Waals surface area contributed by atoms with Crippen LogP contribution in [0.3, 0.4) is 0 Å². The Kier molecular flexibility index (Phi) is 7.06. The highest BCUT2D eigenvalue weighted by Gasteiger charge is 2.31. The molecule has 0 aromatic heterocycles. The second-order valence-corrected chi connectivity index (χ2v) is 6.88. The van der Waals surface area contributed by atoms with E-state index < -0.39 is 0 Å². The summed E-state index contributed by atoms with van der Waals surface area (Å²) in [5.74, 6) is 0.982. The summed E-state index contributed by atoms with van der Waals surface area (Å²) in [7, 11) is 3.51. The standard InChI is InChI=1S/C20H30N4O3/c1-21-20(22-15-18(26-2)16-7-4-3-5-8-16)24-12-10-23(11-13-24)19(25)17-9-6-14-27-17/h3-5,7-8,17-18H,6,9-15H2,1-2H3,(H,21,22). The fourth-order valence-electron chi connectivity index (χ4n) is 3.64. The number of piperazine rings is 1. The third-order valence-corrected chi connectivity index (χ3v) is 5.21. The van der Waals surface area contributed by atoms with Gasteiger partial charge in [-0.2, -0.15) is 0 Å². The van der Waals surface area contributed by atoms with Gasteiger partial charge in [-0.05, 0) is 18.4 Å². The number of nitrogens with zero attached hydrogens (tertiary/aromatic N) is 3. The molecular weight excluding hydrogens is 344 g/mol. The average Bonchev–Trinajstić information content (AvgIpc) is 3.27. The monoisotopic (exact) mass is 374 g/mol. The van der Waals surface area contributed by atoms with Gasteiger partial charge in [-0.15, -0.1) is 0 Å². The molecule has 2 heterocycles. The molecule has 0 saturated carbocycles. The summed E-state index contributed by atoms with van der Waals surface area (Å²) in [6, 6.07) is 10.2. The Balaban J connectivity index is 1.49. The van der Waals surface area contributed by atoms with Gasteiger partial charge < -0.3 is 24.6 Å². The van der Waals surface area contributed by atoms with Crippen molar-refractivity contribution in [1.82, 2.24) is 15.1 Å². The minimum Gasteiger partial charge on any atom is -0.375 e. The minimum atomic E-state index is -0.234. The molecule has 1 aromatic carbocycles. The molecular formula is C20H30N4O3. The smallest absolute Gasteiger partial charge is 0.251 e. The summed E-state index contributed by atoms with van der Waals surface area (Å²) in [4.78, 5) is 21.0. The maximum atomic E-state index is 12.5. The average molecular weight is 374 g/mol. The number of methoxy groups -OCH3 is 1. The van der Waals surface area contributed by atoms with Crippen LogP contribution in [0.4, 0.5) is 0 Å². The molecule has 0 aliphatic carbocycles. The van der Waals surface area contributed by atoms with Gasteiger partial charge in [-0.25, -0.2) is 0 Å². The Hall–Kier alpha value is -2.12. The van der Waals surface area contributed by atoms with Gasteiger partial charge in [0.25, 0.3) is 5.91 Å². The van der Waals surface area contributed by atoms with Gasteiger partial charge in [0.2, 0.25) is 0 Å². The first-order chi connectivity index (χ1) is 13.2. The molecule has 2 fully saturated rings. The minimum absolute atomic E-state index is 0.0367. The molecule has 0 spiro atoms. The molecule has 2 saturated heterocycles. The number of carbonyl (C=O) groups is 1. The van der Waals surface area contributed by atoms with Crippen molar-refractivity contribution in [3.63, 3.8) is 0 Å². The van der Waals surface area contributed by atoms with E-state index in [-0.39, 0.29) is 18.1 Å². The number of nitrogens with one attached hydrogen (secondary N) is 1. The number of aliphatic imine (C=N–C) groups is 1. The number of benzene rings is 1. The van der Waals surface area contributed by atoms with Crippen LogP contribution in [0, 0.1) is 0 Å². The Bertz CT molecular complexity index is 623. The topological polar surface area (TPSA) is 66.4 Å². The van der Waals surface area contributed by atoms with Gasteiger partial charge in [-0.3, -0.25) is 9.79 Å². The highest BCUT2D eigenvalue weighted by atomic mass is 16.5. The lowest BCUT2D eigenvalue weighted by molar-refractivity contribution is -0.142. The Morgan fingerprint density at radius 2 is 1.96 bits per heavy atom. The molecule has 1 N–H and O–H groups in total. The van der Waals surface area contributed by atoms with E-state index in [4.69, 9.17) is 9.47 Å². The van der Waals surface area contributed by atoms with E-state index in [1.165, 1.54) is 0 Å². The van der Waals surface area contributed by atoms with Gasteiger partial charge in [-0.1, -0.05) is 30.3 Å². The number of hydrogen-bond donors (Lipinski definition) is 1. The lowest BCUT2D eigenvalue weighted by Crippen LogP contribution is -2.55. The molecule has 0 bridgehead atoms. The first-order valence-electron chi connectivity index (χ1n) is 9.66. The summed E-state index contributed by atoms with van der Waals surface area (Å²) in [6.45, 7) is 4.27. The predicted molar refractivity (Wildman–Crippen MR) is 105 cm³/mol. The van der Waals surface area contributed by atoms with Gasteiger partial charge >= 0.3 is 0 Å². The second-order valence-electron chi connectivity index (χ2n) is 6.88. The van der Waals surface area contributed by atoms with Crippen LogP contribution in [-0.4, -0.2) is 81.3 Å². The zero-order valence-corrected chi connectivity index (χ0v) is 16.3. The molecule has 1 aromatic rings. The van der Waals surface area contributed by atoms with Gasteiger partial charge in [0, 0.05) is 53.5 Å². The molecule has 2 aliphatic heterocycles. The molecule has 27 heavy (non-hydrogen) atoms. The first-order valence-corrected chi connectivity index (χ1v) is 9.66. The van der Waals surface area contributed by atoms with E-state index in [0.717, 1.165) is 37.5 Å². The Labute approximate surface area is 161 Å². The van der Waals surface area contributed by atoms with Crippen molar-refractivity contribution in [3.05, 3.63) is 35.9 Å². The maximum Gasteiger partial charge on any atom is 0.251 e. The lowest BCUT2D eigenvalue weighted by Gasteiger charge is -2.37. The molecule has 2 aliphatic rings. The zero-order valence-electron chi connectivity index (χ0n) is 16.3. The fraction of sp³-hybridized carbons (Fsp3) is 0.600. The van der Waals surface area contributed by atoms with Crippen molar-refractivity contribution in [2.24, 2.45) is 4.99 Å². The van der Waals surface area contributed by atoms with Crippen LogP contribution >= 0.6 is 0 Å². The molecule has 2 unspecified atom stereocenters. The van der Waals surface area contributed by atoms with Crippen LogP contribution in [0.15, 0.2) is 35.3 Å². The summed E-state index contributed by atoms with van der Waals surface area (Å²) in [6.07, 6.45) is 1.56. The van der Waals surface area contributed by atoms with Crippen LogP contribution in [-0.2, 0) is 14.3 Å². The van der Waals surface area contributed by atoms with Crippen molar-refractivity contribution in [3.8, 4) is 0 Å². The SMILES string of the molecule is CN=C(NCC(OC)c1ccccc1)N1CCN(C(=O)C2CCCO2)CC1. The van der Waals surface area contributed by atoms with Crippen LogP contribution in [0.2, 0.25) is 0 Å². The molecule has 7 nitrogen and oxygen atoms in total. The van der Waals surface area contributed by atoms with Crippen LogP contribution in [0.1, 0.15) is 24.5 Å². The number of ether oxygens (including phenoxy) is 2. The van der Waals surface area contributed by atoms with Gasteiger partial charge in [0.05, 0.1) is 6.10 Å². The largest absolute Gasteiger partial charge is 0.375 e. The first kappa shape index (κ1) is 19.6. The third-order valence-electron chi connectivity index (χ3n) is 5.21. The van der Waals surface area contributed by atoms with Crippen molar-refractivity contribution in [2.45, 2.75) is 25.0 Å². The van der Waals surface area contributed by atoms with E-state index in [2.05, 4.69) is 27.3 Å². The van der Waals surface area contributed by atoms with Crippen molar-refractivity contribution >= 4 is 11.9 Å². The molecule has 148 valence electrons. The number of carbonyl (C=O) groups excluding carboxylic acids is 1. The fourth-order valence-corrected chi connectivity index (χ4v) is 3.64. The quantitative estimate of drug-likeness (QED) is 0.621. The van der Waals surface area contributed by atoms with Crippen molar-refractivity contribution in [1.29, 1.82) is 0 Å². The second kappa shape index (κ2) is 9.71. The molecule has 2 atom stereocenters. The molecule has 3 rings (SSSR count).